The highest BCUT2D eigenvalue weighted by Gasteiger charge is 2.30. The van der Waals surface area contributed by atoms with E-state index < -0.39 is 20.0 Å². The molecule has 0 amide bonds. The van der Waals surface area contributed by atoms with E-state index in [4.69, 9.17) is 5.53 Å². The second-order valence-electron chi connectivity index (χ2n) is 5.46. The van der Waals surface area contributed by atoms with E-state index in [0.29, 0.717) is 0 Å². The van der Waals surface area contributed by atoms with Gasteiger partial charge in [-0.1, -0.05) is 32.8 Å². The maximum Gasteiger partial charge on any atom is 0.243 e. The topological polar surface area (TPSA) is 124 Å². The molecule has 0 saturated carbocycles. The minimum Gasteiger partial charge on any atom is -0.207 e. The van der Waals surface area contributed by atoms with Crippen LogP contribution in [-0.2, 0) is 20.0 Å². The van der Waals surface area contributed by atoms with Gasteiger partial charge in [0, 0.05) is 31.1 Å². The Hall–Kier alpha value is -1.65. The summed E-state index contributed by atoms with van der Waals surface area (Å²) in [5.41, 5.74) is 9.00. The van der Waals surface area contributed by atoms with Crippen molar-refractivity contribution in [2.24, 2.45) is 5.11 Å². The second-order valence-corrected chi connectivity index (χ2v) is 9.30. The lowest BCUT2D eigenvalue weighted by Gasteiger charge is -2.23. The van der Waals surface area contributed by atoms with Gasteiger partial charge < -0.3 is 0 Å². The smallest absolute Gasteiger partial charge is 0.207 e. The zero-order valence-electron chi connectivity index (χ0n) is 15.7. The molecule has 0 atom stereocenters. The molecule has 1 aromatic carbocycles. The molecule has 0 aliphatic heterocycles. The summed E-state index contributed by atoms with van der Waals surface area (Å²) in [5, 5.41) is 3.50. The fourth-order valence-corrected chi connectivity index (χ4v) is 5.97. The van der Waals surface area contributed by atoms with Gasteiger partial charge in [0.25, 0.3) is 0 Å². The fourth-order valence-electron chi connectivity index (χ4n) is 2.65. The summed E-state index contributed by atoms with van der Waals surface area (Å²) in [7, 11) is -7.87. The van der Waals surface area contributed by atoms with Crippen LogP contribution in [0.2, 0.25) is 0 Å². The van der Waals surface area contributed by atoms with E-state index >= 15 is 0 Å². The Morgan fingerprint density at radius 1 is 0.923 bits per heavy atom. The summed E-state index contributed by atoms with van der Waals surface area (Å²) in [6, 6.07) is 2.41. The molecule has 0 spiro atoms. The van der Waals surface area contributed by atoms with Crippen LogP contribution in [0, 0.1) is 6.92 Å². The normalized spacial score (nSPS) is 12.4. The lowest BCUT2D eigenvalue weighted by molar-refractivity contribution is 0.443. The number of benzene rings is 1. The average molecular weight is 404 g/mol. The number of hydrogen-bond acceptors (Lipinski definition) is 5. The molecule has 0 aromatic heterocycles. The molecule has 0 radical (unpaired) electrons. The number of nitrogens with zero attached hydrogens (tertiary/aromatic N) is 5. The third-order valence-corrected chi connectivity index (χ3v) is 8.14. The minimum absolute atomic E-state index is 0.0853. The Balaban J connectivity index is 3.85. The molecule has 9 nitrogen and oxygen atoms in total. The zero-order valence-corrected chi connectivity index (χ0v) is 17.3. The van der Waals surface area contributed by atoms with E-state index in [1.807, 2.05) is 0 Å². The van der Waals surface area contributed by atoms with Gasteiger partial charge in [-0.2, -0.15) is 8.61 Å². The molecule has 0 heterocycles. The largest absolute Gasteiger partial charge is 0.243 e. The Morgan fingerprint density at radius 3 is 1.81 bits per heavy atom. The summed E-state index contributed by atoms with van der Waals surface area (Å²) >= 11 is 0. The van der Waals surface area contributed by atoms with Gasteiger partial charge in [0.2, 0.25) is 20.0 Å². The van der Waals surface area contributed by atoms with Crippen molar-refractivity contribution >= 4 is 25.7 Å². The van der Waals surface area contributed by atoms with E-state index in [1.165, 1.54) is 21.6 Å². The number of rotatable bonds is 9. The Morgan fingerprint density at radius 2 is 1.38 bits per heavy atom. The molecule has 0 aliphatic carbocycles. The molecule has 0 N–H and O–H groups in total. The van der Waals surface area contributed by atoms with Crippen LogP contribution in [0.3, 0.4) is 0 Å². The molecule has 26 heavy (non-hydrogen) atoms. The Kier molecular flexibility index (Phi) is 7.60. The summed E-state index contributed by atoms with van der Waals surface area (Å²) in [5.74, 6) is 0. The van der Waals surface area contributed by atoms with Crippen molar-refractivity contribution in [3.63, 3.8) is 0 Å². The van der Waals surface area contributed by atoms with Crippen LogP contribution >= 0.6 is 0 Å². The van der Waals surface area contributed by atoms with Crippen LogP contribution in [0.25, 0.3) is 10.4 Å². The first-order valence-electron chi connectivity index (χ1n) is 8.31. The number of azide groups is 1. The maximum atomic E-state index is 13.0. The van der Waals surface area contributed by atoms with Gasteiger partial charge in [-0.15, -0.1) is 0 Å². The monoisotopic (exact) mass is 403 g/mol. The van der Waals surface area contributed by atoms with Gasteiger partial charge in [0.15, 0.2) is 0 Å². The average Bonchev–Trinajstić information content (AvgIpc) is 2.58. The van der Waals surface area contributed by atoms with Crippen molar-refractivity contribution in [1.29, 1.82) is 0 Å². The van der Waals surface area contributed by atoms with Gasteiger partial charge in [0.1, 0.15) is 0 Å². The van der Waals surface area contributed by atoms with Crippen molar-refractivity contribution in [2.45, 2.75) is 44.4 Å². The minimum atomic E-state index is -4.01. The number of sulfonamides is 2. The van der Waals surface area contributed by atoms with Crippen LogP contribution in [0.1, 0.15) is 33.3 Å². The van der Waals surface area contributed by atoms with Crippen molar-refractivity contribution in [1.82, 2.24) is 8.61 Å². The fraction of sp³-hybridized carbons (Fsp3) is 0.600. The molecule has 0 saturated heterocycles. The van der Waals surface area contributed by atoms with Crippen molar-refractivity contribution in [2.75, 3.05) is 26.2 Å². The van der Waals surface area contributed by atoms with Crippen molar-refractivity contribution in [3.8, 4) is 0 Å². The van der Waals surface area contributed by atoms with E-state index in [2.05, 4.69) is 10.0 Å². The molecule has 1 rings (SSSR count). The lowest BCUT2D eigenvalue weighted by atomic mass is 10.2. The second kappa shape index (κ2) is 8.83. The van der Waals surface area contributed by atoms with Crippen LogP contribution in [0.4, 0.5) is 5.69 Å². The highest BCUT2D eigenvalue weighted by molar-refractivity contribution is 7.90. The van der Waals surface area contributed by atoms with E-state index in [1.54, 1.807) is 27.7 Å². The van der Waals surface area contributed by atoms with Crippen LogP contribution in [0.15, 0.2) is 27.0 Å². The SMILES string of the molecule is CCN(CC)S(=O)(=O)c1cc(C)c(N=[N+]=[N-])c(S(=O)(=O)N(CC)CC)c1. The number of aryl methyl sites for hydroxylation is 1. The molecular weight excluding hydrogens is 378 g/mol. The van der Waals surface area contributed by atoms with Crippen molar-refractivity contribution in [3.05, 3.63) is 28.1 Å². The first kappa shape index (κ1) is 22.4. The molecule has 0 fully saturated rings. The van der Waals surface area contributed by atoms with Crippen LogP contribution in [0.5, 0.6) is 0 Å². The predicted molar refractivity (Wildman–Crippen MR) is 100 cm³/mol. The Bertz CT molecular complexity index is 898. The van der Waals surface area contributed by atoms with E-state index in [-0.39, 0.29) is 47.2 Å². The van der Waals surface area contributed by atoms with Gasteiger partial charge in [-0.25, -0.2) is 16.8 Å². The first-order valence-corrected chi connectivity index (χ1v) is 11.2. The van der Waals surface area contributed by atoms with Crippen LogP contribution < -0.4 is 0 Å². The molecule has 1 aromatic rings. The highest BCUT2D eigenvalue weighted by Crippen LogP contribution is 2.34. The van der Waals surface area contributed by atoms with Gasteiger partial charge in [0.05, 0.1) is 15.5 Å². The highest BCUT2D eigenvalue weighted by atomic mass is 32.2. The standard InChI is InChI=1S/C15H25N5O4S2/c1-6-19(7-2)25(21,22)13-10-12(5)15(17-18-16)14(11-13)26(23,24)20(8-3)9-4/h10-11H,6-9H2,1-5H3. The molecular formula is C15H25N5O4S2. The summed E-state index contributed by atoms with van der Waals surface area (Å²) in [6.07, 6.45) is 0. The zero-order chi connectivity index (χ0) is 20.1. The summed E-state index contributed by atoms with van der Waals surface area (Å²) in [6.45, 7) is 9.22. The summed E-state index contributed by atoms with van der Waals surface area (Å²) in [4.78, 5) is 2.25. The third kappa shape index (κ3) is 4.18. The molecule has 11 heteroatoms. The molecule has 146 valence electrons. The van der Waals surface area contributed by atoms with Crippen molar-refractivity contribution < 1.29 is 16.8 Å². The quantitative estimate of drug-likeness (QED) is 0.357. The van der Waals surface area contributed by atoms with Gasteiger partial charge in [-0.3, -0.25) is 0 Å². The Labute approximate surface area is 155 Å². The predicted octanol–water partition coefficient (Wildman–Crippen LogP) is 3.00. The third-order valence-electron chi connectivity index (χ3n) is 4.05. The lowest BCUT2D eigenvalue weighted by Crippen LogP contribution is -2.32. The summed E-state index contributed by atoms with van der Waals surface area (Å²) < 4.78 is 54.0. The maximum absolute atomic E-state index is 13.0. The first-order chi connectivity index (χ1) is 12.1. The van der Waals surface area contributed by atoms with Gasteiger partial charge in [-0.05, 0) is 30.2 Å². The number of hydrogen-bond donors (Lipinski definition) is 0. The molecule has 0 bridgehead atoms. The molecule has 0 unspecified atom stereocenters. The van der Waals surface area contributed by atoms with E-state index in [0.717, 1.165) is 6.07 Å². The van der Waals surface area contributed by atoms with E-state index in [9.17, 15) is 16.8 Å². The van der Waals surface area contributed by atoms with Crippen LogP contribution in [-0.4, -0.2) is 51.6 Å². The molecule has 0 aliphatic rings. The van der Waals surface area contributed by atoms with Gasteiger partial charge >= 0.3 is 0 Å².